The van der Waals surface area contributed by atoms with Gasteiger partial charge in [0.2, 0.25) is 0 Å². The van der Waals surface area contributed by atoms with Crippen molar-refractivity contribution in [1.29, 1.82) is 0 Å². The van der Waals surface area contributed by atoms with E-state index in [1.54, 1.807) is 24.3 Å². The molecule has 1 aromatic heterocycles. The molecule has 1 aliphatic heterocycles. The summed E-state index contributed by atoms with van der Waals surface area (Å²) in [6, 6.07) is 9.81. The fourth-order valence-corrected chi connectivity index (χ4v) is 2.22. The van der Waals surface area contributed by atoms with Crippen molar-refractivity contribution < 1.29 is 19.1 Å². The van der Waals surface area contributed by atoms with Crippen molar-refractivity contribution in [2.45, 2.75) is 0 Å². The minimum Gasteiger partial charge on any atom is -0.478 e. The predicted molar refractivity (Wildman–Crippen MR) is 83.0 cm³/mol. The first-order valence-corrected chi connectivity index (χ1v) is 6.71. The summed E-state index contributed by atoms with van der Waals surface area (Å²) in [7, 11) is 0. The SMILES string of the molecule is O=C1NC(=S)N/C1=C\c1ccc(-c2cccc(C(=O)O)c2)o1. The molecule has 0 radical (unpaired) electrons. The number of aromatic carboxylic acids is 1. The Morgan fingerprint density at radius 1 is 1.23 bits per heavy atom. The minimum absolute atomic E-state index is 0.177. The van der Waals surface area contributed by atoms with Gasteiger partial charge in [0.05, 0.1) is 5.56 Å². The molecule has 0 aliphatic carbocycles. The number of hydrogen-bond donors (Lipinski definition) is 3. The maximum absolute atomic E-state index is 11.5. The molecular weight excluding hydrogens is 304 g/mol. The van der Waals surface area contributed by atoms with Gasteiger partial charge in [0.15, 0.2) is 5.11 Å². The van der Waals surface area contributed by atoms with Crippen molar-refractivity contribution in [3.8, 4) is 11.3 Å². The molecular formula is C15H10N2O4S. The first kappa shape index (κ1) is 14.0. The van der Waals surface area contributed by atoms with Gasteiger partial charge in [-0.1, -0.05) is 12.1 Å². The van der Waals surface area contributed by atoms with Crippen LogP contribution in [0.1, 0.15) is 16.1 Å². The topological polar surface area (TPSA) is 91.6 Å². The number of benzene rings is 1. The van der Waals surface area contributed by atoms with Crippen LogP contribution >= 0.6 is 12.2 Å². The van der Waals surface area contributed by atoms with E-state index in [1.807, 2.05) is 0 Å². The number of thiocarbonyl (C=S) groups is 1. The third kappa shape index (κ3) is 2.75. The Bertz CT molecular complexity index is 822. The van der Waals surface area contributed by atoms with E-state index in [9.17, 15) is 9.59 Å². The zero-order valence-corrected chi connectivity index (χ0v) is 11.9. The largest absolute Gasteiger partial charge is 0.478 e. The zero-order chi connectivity index (χ0) is 15.7. The zero-order valence-electron chi connectivity index (χ0n) is 11.1. The molecule has 3 N–H and O–H groups in total. The van der Waals surface area contributed by atoms with Crippen molar-refractivity contribution in [2.75, 3.05) is 0 Å². The van der Waals surface area contributed by atoms with Gasteiger partial charge in [0.25, 0.3) is 5.91 Å². The van der Waals surface area contributed by atoms with Gasteiger partial charge in [-0.25, -0.2) is 4.79 Å². The summed E-state index contributed by atoms with van der Waals surface area (Å²) >= 11 is 4.84. The summed E-state index contributed by atoms with van der Waals surface area (Å²) in [4.78, 5) is 22.5. The predicted octanol–water partition coefficient (Wildman–Crippen LogP) is 1.99. The molecule has 3 rings (SSSR count). The third-order valence-corrected chi connectivity index (χ3v) is 3.23. The Morgan fingerprint density at radius 2 is 2.05 bits per heavy atom. The molecule has 1 amide bonds. The lowest BCUT2D eigenvalue weighted by atomic mass is 10.1. The standard InChI is InChI=1S/C15H10N2O4S/c18-13-11(16-15(22)17-13)7-10-4-5-12(21-10)8-2-1-3-9(6-8)14(19)20/h1-7H,(H,19,20)(H2,16,17,18,22)/b11-7-. The van der Waals surface area contributed by atoms with Crippen molar-refractivity contribution in [2.24, 2.45) is 0 Å². The van der Waals surface area contributed by atoms with E-state index < -0.39 is 5.97 Å². The van der Waals surface area contributed by atoms with E-state index in [1.165, 1.54) is 18.2 Å². The molecule has 2 heterocycles. The van der Waals surface area contributed by atoms with Crippen LogP contribution in [0.5, 0.6) is 0 Å². The van der Waals surface area contributed by atoms with E-state index in [-0.39, 0.29) is 16.6 Å². The molecule has 110 valence electrons. The lowest BCUT2D eigenvalue weighted by Crippen LogP contribution is -2.21. The molecule has 7 heteroatoms. The van der Waals surface area contributed by atoms with Crippen LogP contribution in [0.4, 0.5) is 0 Å². The van der Waals surface area contributed by atoms with Crippen LogP contribution in [0.25, 0.3) is 17.4 Å². The number of carbonyl (C=O) groups is 2. The van der Waals surface area contributed by atoms with Crippen molar-refractivity contribution >= 4 is 35.3 Å². The van der Waals surface area contributed by atoms with E-state index in [4.69, 9.17) is 21.7 Å². The van der Waals surface area contributed by atoms with Crippen LogP contribution in [-0.4, -0.2) is 22.1 Å². The molecule has 0 bridgehead atoms. The van der Waals surface area contributed by atoms with Gasteiger partial charge < -0.3 is 14.8 Å². The lowest BCUT2D eigenvalue weighted by molar-refractivity contribution is -0.115. The fraction of sp³-hybridized carbons (Fsp3) is 0. The summed E-state index contributed by atoms with van der Waals surface area (Å²) in [5, 5.41) is 14.4. The van der Waals surface area contributed by atoms with Crippen LogP contribution < -0.4 is 10.6 Å². The van der Waals surface area contributed by atoms with E-state index in [2.05, 4.69) is 10.6 Å². The second-order valence-corrected chi connectivity index (χ2v) is 4.96. The Balaban J connectivity index is 1.90. The maximum Gasteiger partial charge on any atom is 0.335 e. The van der Waals surface area contributed by atoms with Crippen LogP contribution in [0.15, 0.2) is 46.5 Å². The monoisotopic (exact) mass is 314 g/mol. The average molecular weight is 314 g/mol. The van der Waals surface area contributed by atoms with Crippen molar-refractivity contribution in [3.63, 3.8) is 0 Å². The summed E-state index contributed by atoms with van der Waals surface area (Å²) in [6.07, 6.45) is 1.53. The number of carbonyl (C=O) groups excluding carboxylic acids is 1. The lowest BCUT2D eigenvalue weighted by Gasteiger charge is -1.99. The molecule has 1 saturated heterocycles. The third-order valence-electron chi connectivity index (χ3n) is 3.03. The van der Waals surface area contributed by atoms with Crippen LogP contribution in [0, 0.1) is 0 Å². The first-order valence-electron chi connectivity index (χ1n) is 6.30. The second-order valence-electron chi connectivity index (χ2n) is 4.55. The molecule has 2 aromatic rings. The quantitative estimate of drug-likeness (QED) is 0.593. The molecule has 1 fully saturated rings. The molecule has 0 saturated carbocycles. The molecule has 6 nitrogen and oxygen atoms in total. The highest BCUT2D eigenvalue weighted by molar-refractivity contribution is 7.80. The van der Waals surface area contributed by atoms with Gasteiger partial charge in [0, 0.05) is 11.6 Å². The summed E-state index contributed by atoms with van der Waals surface area (Å²) < 4.78 is 5.62. The highest BCUT2D eigenvalue weighted by Crippen LogP contribution is 2.24. The van der Waals surface area contributed by atoms with Gasteiger partial charge in [-0.15, -0.1) is 0 Å². The smallest absolute Gasteiger partial charge is 0.335 e. The Hall–Kier alpha value is -2.93. The van der Waals surface area contributed by atoms with Gasteiger partial charge in [-0.2, -0.15) is 0 Å². The summed E-state index contributed by atoms with van der Waals surface area (Å²) in [5.74, 6) is -0.360. The van der Waals surface area contributed by atoms with E-state index in [0.29, 0.717) is 22.8 Å². The second kappa shape index (κ2) is 5.45. The number of furan rings is 1. The Labute approximate surface area is 130 Å². The maximum atomic E-state index is 11.5. The van der Waals surface area contributed by atoms with Crippen LogP contribution in [0.2, 0.25) is 0 Å². The number of nitrogens with one attached hydrogen (secondary N) is 2. The van der Waals surface area contributed by atoms with Gasteiger partial charge in [-0.05, 0) is 36.5 Å². The number of hydrogen-bond acceptors (Lipinski definition) is 4. The average Bonchev–Trinajstić information content (AvgIpc) is 3.06. The molecule has 0 atom stereocenters. The minimum atomic E-state index is -1.00. The van der Waals surface area contributed by atoms with Gasteiger partial charge in [0.1, 0.15) is 17.2 Å². The first-order chi connectivity index (χ1) is 10.5. The van der Waals surface area contributed by atoms with Gasteiger partial charge >= 0.3 is 5.97 Å². The van der Waals surface area contributed by atoms with Crippen LogP contribution in [0.3, 0.4) is 0 Å². The van der Waals surface area contributed by atoms with E-state index >= 15 is 0 Å². The molecule has 0 unspecified atom stereocenters. The highest BCUT2D eigenvalue weighted by Gasteiger charge is 2.20. The molecule has 1 aliphatic rings. The Morgan fingerprint density at radius 3 is 2.73 bits per heavy atom. The highest BCUT2D eigenvalue weighted by atomic mass is 32.1. The van der Waals surface area contributed by atoms with Gasteiger partial charge in [-0.3, -0.25) is 10.1 Å². The summed E-state index contributed by atoms with van der Waals surface area (Å²) in [6.45, 7) is 0. The number of carboxylic acids is 1. The normalized spacial score (nSPS) is 15.7. The van der Waals surface area contributed by atoms with Crippen molar-refractivity contribution in [3.05, 3.63) is 53.4 Å². The Kier molecular flexibility index (Phi) is 3.48. The number of amides is 1. The number of carboxylic acid groups (broad SMARTS) is 1. The molecule has 1 aromatic carbocycles. The van der Waals surface area contributed by atoms with E-state index in [0.717, 1.165) is 0 Å². The molecule has 0 spiro atoms. The van der Waals surface area contributed by atoms with Crippen LogP contribution in [-0.2, 0) is 4.79 Å². The number of rotatable bonds is 3. The van der Waals surface area contributed by atoms with Crippen molar-refractivity contribution in [1.82, 2.24) is 10.6 Å². The molecule has 22 heavy (non-hydrogen) atoms. The fourth-order valence-electron chi connectivity index (χ4n) is 2.02. The summed E-state index contributed by atoms with van der Waals surface area (Å²) in [5.41, 5.74) is 1.12.